The van der Waals surface area contributed by atoms with Gasteiger partial charge in [-0.15, -0.1) is 0 Å². The largest absolute Gasteiger partial charge is 0.481 e. The number of aliphatic carboxylic acids is 1. The van der Waals surface area contributed by atoms with Crippen molar-refractivity contribution in [1.82, 2.24) is 4.90 Å². The number of carboxylic acid groups (broad SMARTS) is 1. The number of rotatable bonds is 9. The van der Waals surface area contributed by atoms with Gasteiger partial charge in [0.2, 0.25) is 0 Å². The van der Waals surface area contributed by atoms with Gasteiger partial charge in [0, 0.05) is 19.7 Å². The van der Waals surface area contributed by atoms with E-state index in [2.05, 4.69) is 18.7 Å². The molecule has 90 valence electrons. The van der Waals surface area contributed by atoms with Crippen molar-refractivity contribution >= 4 is 5.97 Å². The van der Waals surface area contributed by atoms with E-state index in [0.29, 0.717) is 19.1 Å². The molecule has 0 atom stereocenters. The minimum absolute atomic E-state index is 0.206. The first-order valence-corrected chi connectivity index (χ1v) is 5.58. The van der Waals surface area contributed by atoms with Gasteiger partial charge in [-0.2, -0.15) is 0 Å². The molecule has 4 heteroatoms. The monoisotopic (exact) mass is 217 g/mol. The van der Waals surface area contributed by atoms with Crippen LogP contribution in [0, 0.1) is 5.92 Å². The first-order chi connectivity index (χ1) is 7.06. The SMILES string of the molecule is CCN(CCOCC(C)C)CCC(=O)O. The van der Waals surface area contributed by atoms with Gasteiger partial charge in [-0.05, 0) is 12.5 Å². The van der Waals surface area contributed by atoms with Crippen molar-refractivity contribution in [3.05, 3.63) is 0 Å². The standard InChI is InChI=1S/C11H23NO3/c1-4-12(6-5-11(13)14)7-8-15-9-10(2)3/h10H,4-9H2,1-3H3,(H,13,14). The third kappa shape index (κ3) is 9.69. The van der Waals surface area contributed by atoms with Crippen molar-refractivity contribution in [2.45, 2.75) is 27.2 Å². The van der Waals surface area contributed by atoms with Crippen molar-refractivity contribution in [2.75, 3.05) is 32.8 Å². The molecule has 0 saturated carbocycles. The van der Waals surface area contributed by atoms with Crippen LogP contribution in [0.4, 0.5) is 0 Å². The summed E-state index contributed by atoms with van der Waals surface area (Å²) in [6.07, 6.45) is 0.206. The van der Waals surface area contributed by atoms with Crippen LogP contribution in [0.1, 0.15) is 27.2 Å². The summed E-state index contributed by atoms with van der Waals surface area (Å²) in [7, 11) is 0. The van der Waals surface area contributed by atoms with Crippen LogP contribution in [0.5, 0.6) is 0 Å². The zero-order valence-electron chi connectivity index (χ0n) is 10.0. The summed E-state index contributed by atoms with van der Waals surface area (Å²) < 4.78 is 5.45. The Morgan fingerprint density at radius 2 is 2.07 bits per heavy atom. The van der Waals surface area contributed by atoms with Crippen LogP contribution < -0.4 is 0 Å². The van der Waals surface area contributed by atoms with Gasteiger partial charge in [0.15, 0.2) is 0 Å². The van der Waals surface area contributed by atoms with Crippen molar-refractivity contribution < 1.29 is 14.6 Å². The van der Waals surface area contributed by atoms with E-state index in [1.165, 1.54) is 0 Å². The molecule has 0 amide bonds. The van der Waals surface area contributed by atoms with Crippen LogP contribution in [-0.2, 0) is 9.53 Å². The quantitative estimate of drug-likeness (QED) is 0.594. The molecular weight excluding hydrogens is 194 g/mol. The van der Waals surface area contributed by atoms with Crippen LogP contribution in [0.25, 0.3) is 0 Å². The first kappa shape index (κ1) is 14.4. The summed E-state index contributed by atoms with van der Waals surface area (Å²) in [5, 5.41) is 8.54. The normalized spacial score (nSPS) is 11.3. The van der Waals surface area contributed by atoms with E-state index in [1.54, 1.807) is 0 Å². The highest BCUT2D eigenvalue weighted by Crippen LogP contribution is 1.95. The number of carbonyl (C=O) groups is 1. The summed E-state index contributed by atoms with van der Waals surface area (Å²) in [4.78, 5) is 12.5. The molecule has 0 aliphatic heterocycles. The summed E-state index contributed by atoms with van der Waals surface area (Å²) >= 11 is 0. The Morgan fingerprint density at radius 3 is 2.53 bits per heavy atom. The predicted molar refractivity (Wildman–Crippen MR) is 60.0 cm³/mol. The van der Waals surface area contributed by atoms with Crippen molar-refractivity contribution in [3.8, 4) is 0 Å². The van der Waals surface area contributed by atoms with Gasteiger partial charge in [-0.25, -0.2) is 0 Å². The fraction of sp³-hybridized carbons (Fsp3) is 0.909. The Bertz CT molecular complexity index is 171. The van der Waals surface area contributed by atoms with Crippen LogP contribution >= 0.6 is 0 Å². The highest BCUT2D eigenvalue weighted by Gasteiger charge is 2.05. The highest BCUT2D eigenvalue weighted by molar-refractivity contribution is 5.66. The molecule has 0 radical (unpaired) electrons. The number of nitrogens with zero attached hydrogens (tertiary/aromatic N) is 1. The fourth-order valence-electron chi connectivity index (χ4n) is 1.19. The molecule has 0 bridgehead atoms. The predicted octanol–water partition coefficient (Wildman–Crippen LogP) is 1.46. The van der Waals surface area contributed by atoms with Gasteiger partial charge in [0.25, 0.3) is 0 Å². The summed E-state index contributed by atoms with van der Waals surface area (Å²) in [5.41, 5.74) is 0. The van der Waals surface area contributed by atoms with Crippen LogP contribution in [0.3, 0.4) is 0 Å². The van der Waals surface area contributed by atoms with Crippen LogP contribution in [0.15, 0.2) is 0 Å². The van der Waals surface area contributed by atoms with E-state index in [-0.39, 0.29) is 6.42 Å². The average Bonchev–Trinajstić information content (AvgIpc) is 2.16. The Morgan fingerprint density at radius 1 is 1.40 bits per heavy atom. The molecule has 0 spiro atoms. The third-order valence-corrected chi connectivity index (χ3v) is 2.09. The second kappa shape index (κ2) is 8.68. The maximum absolute atomic E-state index is 10.4. The van der Waals surface area contributed by atoms with E-state index in [9.17, 15) is 4.79 Å². The maximum Gasteiger partial charge on any atom is 0.304 e. The molecular formula is C11H23NO3. The lowest BCUT2D eigenvalue weighted by molar-refractivity contribution is -0.137. The smallest absolute Gasteiger partial charge is 0.304 e. The Labute approximate surface area is 92.2 Å². The number of hydrogen-bond acceptors (Lipinski definition) is 3. The van der Waals surface area contributed by atoms with Gasteiger partial charge in [0.1, 0.15) is 0 Å². The lowest BCUT2D eigenvalue weighted by Crippen LogP contribution is -2.30. The molecule has 1 N–H and O–H groups in total. The molecule has 0 rings (SSSR count). The van der Waals surface area contributed by atoms with Crippen LogP contribution in [0.2, 0.25) is 0 Å². The summed E-state index contributed by atoms with van der Waals surface area (Å²) in [5.74, 6) is -0.185. The highest BCUT2D eigenvalue weighted by atomic mass is 16.5. The van der Waals surface area contributed by atoms with Gasteiger partial charge < -0.3 is 14.7 Å². The van der Waals surface area contributed by atoms with E-state index >= 15 is 0 Å². The van der Waals surface area contributed by atoms with Crippen LogP contribution in [-0.4, -0.2) is 48.8 Å². The molecule has 0 heterocycles. The second-order valence-electron chi connectivity index (χ2n) is 4.05. The zero-order valence-corrected chi connectivity index (χ0v) is 10.0. The number of carboxylic acids is 1. The maximum atomic E-state index is 10.4. The lowest BCUT2D eigenvalue weighted by Gasteiger charge is -2.19. The van der Waals surface area contributed by atoms with Gasteiger partial charge >= 0.3 is 5.97 Å². The van der Waals surface area contributed by atoms with E-state index < -0.39 is 5.97 Å². The number of hydrogen-bond donors (Lipinski definition) is 1. The summed E-state index contributed by atoms with van der Waals surface area (Å²) in [6.45, 7) is 10.0. The van der Waals surface area contributed by atoms with Crippen molar-refractivity contribution in [2.24, 2.45) is 5.92 Å². The molecule has 15 heavy (non-hydrogen) atoms. The molecule has 0 aromatic heterocycles. The lowest BCUT2D eigenvalue weighted by atomic mass is 10.2. The first-order valence-electron chi connectivity index (χ1n) is 5.58. The van der Waals surface area contributed by atoms with E-state index in [0.717, 1.165) is 19.7 Å². The van der Waals surface area contributed by atoms with E-state index in [4.69, 9.17) is 9.84 Å². The molecule has 0 aromatic rings. The zero-order chi connectivity index (χ0) is 11.7. The molecule has 0 aliphatic rings. The van der Waals surface area contributed by atoms with Crippen molar-refractivity contribution in [3.63, 3.8) is 0 Å². The fourth-order valence-corrected chi connectivity index (χ4v) is 1.19. The Kier molecular flexibility index (Phi) is 8.33. The Balaban J connectivity index is 3.48. The average molecular weight is 217 g/mol. The number of likely N-dealkylation sites (N-methyl/N-ethyl adjacent to an activating group) is 1. The molecule has 0 aromatic carbocycles. The van der Waals surface area contributed by atoms with Gasteiger partial charge in [-0.1, -0.05) is 20.8 Å². The van der Waals surface area contributed by atoms with Crippen molar-refractivity contribution in [1.29, 1.82) is 0 Å². The van der Waals surface area contributed by atoms with Gasteiger partial charge in [-0.3, -0.25) is 4.79 Å². The minimum atomic E-state index is -0.739. The molecule has 4 nitrogen and oxygen atoms in total. The summed E-state index contributed by atoms with van der Waals surface area (Å²) in [6, 6.07) is 0. The topological polar surface area (TPSA) is 49.8 Å². The molecule has 0 saturated heterocycles. The second-order valence-corrected chi connectivity index (χ2v) is 4.05. The number of ether oxygens (including phenoxy) is 1. The van der Waals surface area contributed by atoms with E-state index in [1.807, 2.05) is 6.92 Å². The third-order valence-electron chi connectivity index (χ3n) is 2.09. The minimum Gasteiger partial charge on any atom is -0.481 e. The molecule has 0 aliphatic carbocycles. The van der Waals surface area contributed by atoms with Gasteiger partial charge in [0.05, 0.1) is 13.0 Å². The molecule has 0 fully saturated rings. The molecule has 0 unspecified atom stereocenters. The Hall–Kier alpha value is -0.610.